The summed E-state index contributed by atoms with van der Waals surface area (Å²) < 4.78 is 27.5. The Hall–Kier alpha value is -2.84. The molecule has 0 bridgehead atoms. The Kier molecular flexibility index (Phi) is 6.89. The zero-order valence-corrected chi connectivity index (χ0v) is 18.2. The number of hydrogen-bond donors (Lipinski definition) is 1. The number of nitrogens with zero attached hydrogens (tertiary/aromatic N) is 4. The van der Waals surface area contributed by atoms with Gasteiger partial charge in [0.15, 0.2) is 0 Å². The molecule has 3 heterocycles. The second kappa shape index (κ2) is 9.98. The van der Waals surface area contributed by atoms with Gasteiger partial charge in [-0.25, -0.2) is 27.7 Å². The third kappa shape index (κ3) is 5.86. The van der Waals surface area contributed by atoms with Gasteiger partial charge in [0, 0.05) is 37.1 Å². The number of nitrogens with one attached hydrogen (secondary N) is 1. The molecular weight excluding hydrogens is 410 g/mol. The largest absolute Gasteiger partial charge is 0.309 e. The molecule has 4 rings (SSSR count). The van der Waals surface area contributed by atoms with E-state index in [2.05, 4.69) is 15.3 Å². The lowest BCUT2D eigenvalue weighted by atomic mass is 9.96. The Bertz CT molecular complexity index is 1080. The normalized spacial score (nSPS) is 17.4. The summed E-state index contributed by atoms with van der Waals surface area (Å²) in [7, 11) is -3.28. The van der Waals surface area contributed by atoms with Gasteiger partial charge in [-0.05, 0) is 49.4 Å². The van der Waals surface area contributed by atoms with Gasteiger partial charge in [0.05, 0.1) is 5.75 Å². The summed E-state index contributed by atoms with van der Waals surface area (Å²) in [5.74, 6) is 1.40. The zero-order chi connectivity index (χ0) is 21.5. The predicted molar refractivity (Wildman–Crippen MR) is 122 cm³/mol. The molecule has 2 aromatic heterocycles. The molecule has 8 heteroatoms. The molecule has 0 radical (unpaired) electrons. The third-order valence-corrected chi connectivity index (χ3v) is 7.41. The summed E-state index contributed by atoms with van der Waals surface area (Å²) in [6.45, 7) is 1.06. The number of pyridine rings is 1. The minimum atomic E-state index is -3.28. The van der Waals surface area contributed by atoms with Crippen LogP contribution in [0.25, 0.3) is 0 Å². The topological polar surface area (TPSA) is 88.1 Å². The molecule has 1 N–H and O–H groups in total. The first-order valence-electron chi connectivity index (χ1n) is 10.6. The van der Waals surface area contributed by atoms with Crippen molar-refractivity contribution >= 4 is 21.8 Å². The highest BCUT2D eigenvalue weighted by Crippen LogP contribution is 2.28. The van der Waals surface area contributed by atoms with Crippen LogP contribution in [0.3, 0.4) is 0 Å². The minimum Gasteiger partial charge on any atom is -0.309 e. The van der Waals surface area contributed by atoms with Crippen molar-refractivity contribution in [1.82, 2.24) is 19.3 Å². The van der Waals surface area contributed by atoms with Crippen molar-refractivity contribution in [2.45, 2.75) is 31.6 Å². The van der Waals surface area contributed by atoms with E-state index < -0.39 is 10.0 Å². The summed E-state index contributed by atoms with van der Waals surface area (Å²) >= 11 is 0. The van der Waals surface area contributed by atoms with Crippen LogP contribution in [0.1, 0.15) is 36.4 Å². The van der Waals surface area contributed by atoms with Crippen LogP contribution >= 0.6 is 0 Å². The van der Waals surface area contributed by atoms with Gasteiger partial charge in [-0.15, -0.1) is 0 Å². The zero-order valence-electron chi connectivity index (χ0n) is 17.4. The second-order valence-electron chi connectivity index (χ2n) is 7.75. The van der Waals surface area contributed by atoms with Gasteiger partial charge in [0.25, 0.3) is 0 Å². The van der Waals surface area contributed by atoms with Gasteiger partial charge < -0.3 is 5.32 Å². The molecule has 1 saturated heterocycles. The van der Waals surface area contributed by atoms with Crippen LogP contribution < -0.4 is 5.32 Å². The average Bonchev–Trinajstić information content (AvgIpc) is 2.81. The summed E-state index contributed by atoms with van der Waals surface area (Å²) in [6.07, 6.45) is 6.50. The van der Waals surface area contributed by atoms with Crippen molar-refractivity contribution in [2.24, 2.45) is 0 Å². The lowest BCUT2D eigenvalue weighted by Gasteiger charge is -2.31. The quantitative estimate of drug-likeness (QED) is 0.577. The fourth-order valence-corrected chi connectivity index (χ4v) is 5.48. The minimum absolute atomic E-state index is 0.0797. The summed E-state index contributed by atoms with van der Waals surface area (Å²) in [5, 5.41) is 3.10. The molecule has 1 aromatic carbocycles. The van der Waals surface area contributed by atoms with E-state index in [1.807, 2.05) is 48.5 Å². The Morgan fingerprint density at radius 2 is 1.81 bits per heavy atom. The molecule has 31 heavy (non-hydrogen) atoms. The average molecular weight is 438 g/mol. The number of piperidine rings is 1. The number of anilines is 2. The first-order valence-corrected chi connectivity index (χ1v) is 12.2. The van der Waals surface area contributed by atoms with E-state index >= 15 is 0 Å². The first-order chi connectivity index (χ1) is 15.1. The Balaban J connectivity index is 1.38. The third-order valence-electron chi connectivity index (χ3n) is 5.48. The van der Waals surface area contributed by atoms with E-state index in [1.165, 1.54) is 5.56 Å². The van der Waals surface area contributed by atoms with Crippen LogP contribution in [0.15, 0.2) is 67.0 Å². The van der Waals surface area contributed by atoms with Gasteiger partial charge in [-0.3, -0.25) is 0 Å². The van der Waals surface area contributed by atoms with Crippen LogP contribution in [0.5, 0.6) is 0 Å². The summed E-state index contributed by atoms with van der Waals surface area (Å²) in [4.78, 5) is 13.0. The molecule has 3 aromatic rings. The molecule has 0 aliphatic carbocycles. The van der Waals surface area contributed by atoms with Gasteiger partial charge in [0.2, 0.25) is 16.0 Å². The highest BCUT2D eigenvalue weighted by atomic mass is 32.2. The van der Waals surface area contributed by atoms with Crippen molar-refractivity contribution in [3.63, 3.8) is 0 Å². The van der Waals surface area contributed by atoms with Crippen molar-refractivity contribution in [2.75, 3.05) is 24.2 Å². The van der Waals surface area contributed by atoms with E-state index in [1.54, 1.807) is 22.8 Å². The Labute approximate surface area is 183 Å². The van der Waals surface area contributed by atoms with E-state index in [0.717, 1.165) is 25.0 Å². The Morgan fingerprint density at radius 1 is 1.00 bits per heavy atom. The van der Waals surface area contributed by atoms with E-state index in [0.29, 0.717) is 31.3 Å². The fourth-order valence-electron chi connectivity index (χ4n) is 3.90. The number of rotatable bonds is 8. The van der Waals surface area contributed by atoms with Gasteiger partial charge in [0.1, 0.15) is 5.82 Å². The highest BCUT2D eigenvalue weighted by molar-refractivity contribution is 7.89. The summed E-state index contributed by atoms with van der Waals surface area (Å²) in [5.41, 5.74) is 2.07. The number of sulfonamides is 1. The van der Waals surface area contributed by atoms with Crippen LogP contribution in [0.2, 0.25) is 0 Å². The van der Waals surface area contributed by atoms with Gasteiger partial charge in [-0.2, -0.15) is 0 Å². The van der Waals surface area contributed by atoms with Crippen molar-refractivity contribution in [3.8, 4) is 0 Å². The number of hydrogen-bond acceptors (Lipinski definition) is 6. The molecule has 1 aliphatic heterocycles. The Morgan fingerprint density at radius 3 is 2.61 bits per heavy atom. The van der Waals surface area contributed by atoms with Crippen LogP contribution in [0, 0.1) is 0 Å². The monoisotopic (exact) mass is 437 g/mol. The molecule has 0 unspecified atom stereocenters. The molecule has 1 aliphatic rings. The second-order valence-corrected chi connectivity index (χ2v) is 9.84. The van der Waals surface area contributed by atoms with E-state index in [9.17, 15) is 8.42 Å². The van der Waals surface area contributed by atoms with Crippen LogP contribution in [0.4, 0.5) is 11.8 Å². The lowest BCUT2D eigenvalue weighted by Crippen LogP contribution is -2.40. The highest BCUT2D eigenvalue weighted by Gasteiger charge is 2.30. The lowest BCUT2D eigenvalue weighted by molar-refractivity contribution is 0.312. The fraction of sp³-hybridized carbons (Fsp3) is 0.348. The SMILES string of the molecule is O=S(=O)(CCCc1ccccc1)N1CCC[C@@H](c2cccc(Nc3ncccn3)n2)C1. The van der Waals surface area contributed by atoms with Crippen LogP contribution in [-0.4, -0.2) is 46.5 Å². The number of aromatic nitrogens is 3. The molecule has 7 nitrogen and oxygen atoms in total. The number of benzene rings is 1. The number of aryl methyl sites for hydroxylation is 1. The van der Waals surface area contributed by atoms with E-state index in [-0.39, 0.29) is 11.7 Å². The summed E-state index contributed by atoms with van der Waals surface area (Å²) in [6, 6.07) is 17.5. The standard InChI is InChI=1S/C23H27N5O2S/c29-31(30,17-6-10-19-8-2-1-3-9-19)28-16-5-11-20(18-28)21-12-4-13-22(26-21)27-23-24-14-7-15-25-23/h1-4,7-9,12-15,20H,5-6,10-11,16-18H2,(H,24,25,26,27)/t20-/m1/s1. The molecule has 0 amide bonds. The van der Waals surface area contributed by atoms with Gasteiger partial charge in [-0.1, -0.05) is 36.4 Å². The maximum Gasteiger partial charge on any atom is 0.228 e. The van der Waals surface area contributed by atoms with Crippen molar-refractivity contribution < 1.29 is 8.42 Å². The maximum absolute atomic E-state index is 12.9. The molecule has 1 atom stereocenters. The molecule has 0 saturated carbocycles. The predicted octanol–water partition coefficient (Wildman–Crippen LogP) is 3.76. The van der Waals surface area contributed by atoms with Crippen LogP contribution in [-0.2, 0) is 16.4 Å². The first kappa shape index (κ1) is 21.4. The van der Waals surface area contributed by atoms with E-state index in [4.69, 9.17) is 4.98 Å². The van der Waals surface area contributed by atoms with Crippen molar-refractivity contribution in [1.29, 1.82) is 0 Å². The van der Waals surface area contributed by atoms with Gasteiger partial charge >= 0.3 is 0 Å². The molecule has 1 fully saturated rings. The van der Waals surface area contributed by atoms with Crippen molar-refractivity contribution in [3.05, 3.63) is 78.2 Å². The maximum atomic E-state index is 12.9. The smallest absolute Gasteiger partial charge is 0.228 e. The molecule has 0 spiro atoms. The molecule has 162 valence electrons. The molecular formula is C23H27N5O2S.